The number of ether oxygens (including phenoxy) is 3. The van der Waals surface area contributed by atoms with Gasteiger partial charge >= 0.3 is 5.97 Å². The fraction of sp³-hybridized carbons (Fsp3) is 0.333. The van der Waals surface area contributed by atoms with Crippen molar-refractivity contribution in [1.29, 1.82) is 0 Å². The quantitative estimate of drug-likeness (QED) is 0.181. The minimum Gasteiger partial charge on any atom is -0.493 e. The molecule has 0 aliphatic heterocycles. The lowest BCUT2D eigenvalue weighted by Gasteiger charge is -2.15. The number of rotatable bonds is 10. The summed E-state index contributed by atoms with van der Waals surface area (Å²) in [5.74, 6) is 0.805. The summed E-state index contributed by atoms with van der Waals surface area (Å²) in [6.45, 7) is 6.57. The van der Waals surface area contributed by atoms with E-state index in [0.717, 1.165) is 28.8 Å². The second kappa shape index (κ2) is 11.7. The van der Waals surface area contributed by atoms with E-state index in [1.165, 1.54) is 7.11 Å². The molecule has 30 heavy (non-hydrogen) atoms. The third-order valence-electron chi connectivity index (χ3n) is 4.46. The topological polar surface area (TPSA) is 66.4 Å². The highest BCUT2D eigenvalue weighted by Gasteiger charge is 2.16. The molecule has 0 saturated heterocycles. The van der Waals surface area contributed by atoms with E-state index >= 15 is 0 Å². The largest absolute Gasteiger partial charge is 0.493 e. The number of carbonyl (C=O) groups excluding carboxylic acids is 1. The third-order valence-corrected chi connectivity index (χ3v) is 4.46. The van der Waals surface area contributed by atoms with Crippen molar-refractivity contribution >= 4 is 17.3 Å². The Morgan fingerprint density at radius 1 is 1.10 bits per heavy atom. The first-order valence-corrected chi connectivity index (χ1v) is 9.86. The molecule has 160 valence electrons. The van der Waals surface area contributed by atoms with Crippen LogP contribution in [-0.2, 0) is 21.0 Å². The Hall–Kier alpha value is -3.28. The number of hydrogen-bond donors (Lipinski definition) is 0. The second-order valence-electron chi connectivity index (χ2n) is 6.52. The molecular formula is C24H29NO5. The molecule has 0 spiro atoms. The third kappa shape index (κ3) is 5.86. The molecule has 0 aliphatic rings. The van der Waals surface area contributed by atoms with Crippen LogP contribution in [0.2, 0.25) is 0 Å². The fourth-order valence-electron chi connectivity index (χ4n) is 2.86. The molecule has 0 radical (unpaired) electrons. The molecule has 6 heteroatoms. The minimum atomic E-state index is -0.382. The van der Waals surface area contributed by atoms with E-state index in [9.17, 15) is 4.79 Å². The van der Waals surface area contributed by atoms with Gasteiger partial charge in [-0.3, -0.25) is 0 Å². The van der Waals surface area contributed by atoms with Gasteiger partial charge in [0.1, 0.15) is 13.2 Å². The van der Waals surface area contributed by atoms with Gasteiger partial charge in [0.05, 0.1) is 25.5 Å². The zero-order chi connectivity index (χ0) is 21.9. The highest BCUT2D eigenvalue weighted by atomic mass is 16.6. The van der Waals surface area contributed by atoms with Crippen LogP contribution in [0.15, 0.2) is 53.7 Å². The summed E-state index contributed by atoms with van der Waals surface area (Å²) in [7, 11) is 2.96. The van der Waals surface area contributed by atoms with Gasteiger partial charge in [0.15, 0.2) is 11.5 Å². The van der Waals surface area contributed by atoms with E-state index in [-0.39, 0.29) is 12.6 Å². The van der Waals surface area contributed by atoms with E-state index < -0.39 is 0 Å². The zero-order valence-electron chi connectivity index (χ0n) is 18.2. The number of methoxy groups -OCH3 is 2. The van der Waals surface area contributed by atoms with E-state index in [4.69, 9.17) is 19.0 Å². The molecule has 2 aromatic carbocycles. The Balaban J connectivity index is 2.22. The van der Waals surface area contributed by atoms with Gasteiger partial charge in [0.25, 0.3) is 0 Å². The molecule has 6 nitrogen and oxygen atoms in total. The van der Waals surface area contributed by atoms with E-state index in [0.29, 0.717) is 23.7 Å². The van der Waals surface area contributed by atoms with Crippen LogP contribution in [0.5, 0.6) is 11.5 Å². The molecular weight excluding hydrogens is 382 g/mol. The van der Waals surface area contributed by atoms with E-state index in [2.05, 4.69) is 5.16 Å². The minimum absolute atomic E-state index is 0.271. The molecule has 0 amide bonds. The number of benzene rings is 2. The number of esters is 1. The Labute approximate surface area is 178 Å². The Morgan fingerprint density at radius 2 is 1.87 bits per heavy atom. The van der Waals surface area contributed by atoms with Gasteiger partial charge in [0.2, 0.25) is 0 Å². The SMILES string of the molecule is CC=C(C(=O)OC)c1ccccc1COc1ccc(/C(C)=N\OCCC)cc1OC. The molecule has 0 bridgehead atoms. The predicted octanol–water partition coefficient (Wildman–Crippen LogP) is 5.00. The summed E-state index contributed by atoms with van der Waals surface area (Å²) in [5, 5.41) is 4.12. The number of hydrogen-bond acceptors (Lipinski definition) is 6. The Bertz CT molecular complexity index is 918. The van der Waals surface area contributed by atoms with Crippen molar-refractivity contribution in [3.63, 3.8) is 0 Å². The molecule has 0 unspecified atom stereocenters. The first-order valence-electron chi connectivity index (χ1n) is 9.86. The summed E-state index contributed by atoms with van der Waals surface area (Å²) < 4.78 is 16.4. The molecule has 0 heterocycles. The zero-order valence-corrected chi connectivity index (χ0v) is 18.2. The molecule has 2 rings (SSSR count). The van der Waals surface area contributed by atoms with Crippen molar-refractivity contribution in [3.05, 3.63) is 65.2 Å². The first-order chi connectivity index (χ1) is 14.5. The van der Waals surface area contributed by atoms with Gasteiger partial charge in [-0.1, -0.05) is 42.4 Å². The lowest BCUT2D eigenvalue weighted by atomic mass is 10.00. The maximum Gasteiger partial charge on any atom is 0.338 e. The molecule has 0 saturated carbocycles. The molecule has 0 aromatic heterocycles. The maximum absolute atomic E-state index is 12.1. The van der Waals surface area contributed by atoms with Gasteiger partial charge < -0.3 is 19.0 Å². The lowest BCUT2D eigenvalue weighted by molar-refractivity contribution is -0.133. The summed E-state index contributed by atoms with van der Waals surface area (Å²) in [5.41, 5.74) is 3.79. The summed E-state index contributed by atoms with van der Waals surface area (Å²) in [6.07, 6.45) is 2.64. The van der Waals surface area contributed by atoms with Crippen LogP contribution in [0, 0.1) is 0 Å². The molecule has 0 fully saturated rings. The lowest BCUT2D eigenvalue weighted by Crippen LogP contribution is -2.08. The number of oxime groups is 1. The number of nitrogens with zero attached hydrogens (tertiary/aromatic N) is 1. The van der Waals surface area contributed by atoms with Gasteiger partial charge in [0, 0.05) is 5.56 Å². The van der Waals surface area contributed by atoms with E-state index in [1.54, 1.807) is 20.1 Å². The highest BCUT2D eigenvalue weighted by Crippen LogP contribution is 2.30. The molecule has 0 N–H and O–H groups in total. The summed E-state index contributed by atoms with van der Waals surface area (Å²) >= 11 is 0. The number of allylic oxidation sites excluding steroid dienone is 1. The van der Waals surface area contributed by atoms with E-state index in [1.807, 2.05) is 56.3 Å². The molecule has 0 atom stereocenters. The van der Waals surface area contributed by atoms with Crippen molar-refractivity contribution in [2.45, 2.75) is 33.8 Å². The van der Waals surface area contributed by atoms with Gasteiger partial charge in [-0.25, -0.2) is 4.79 Å². The molecule has 0 aliphatic carbocycles. The van der Waals surface area contributed by atoms with Crippen LogP contribution in [0.25, 0.3) is 5.57 Å². The average Bonchev–Trinajstić information content (AvgIpc) is 2.78. The van der Waals surface area contributed by atoms with Gasteiger partial charge in [-0.05, 0) is 49.6 Å². The van der Waals surface area contributed by atoms with Crippen LogP contribution in [0.3, 0.4) is 0 Å². The summed E-state index contributed by atoms with van der Waals surface area (Å²) in [4.78, 5) is 17.3. The normalized spacial score (nSPS) is 11.8. The highest BCUT2D eigenvalue weighted by molar-refractivity contribution is 6.16. The van der Waals surface area contributed by atoms with Crippen LogP contribution in [-0.4, -0.2) is 32.5 Å². The van der Waals surface area contributed by atoms with Crippen molar-refractivity contribution in [2.75, 3.05) is 20.8 Å². The average molecular weight is 411 g/mol. The Kier molecular flexibility index (Phi) is 8.94. The smallest absolute Gasteiger partial charge is 0.338 e. The van der Waals surface area contributed by atoms with Crippen molar-refractivity contribution in [1.82, 2.24) is 0 Å². The monoisotopic (exact) mass is 411 g/mol. The maximum atomic E-state index is 12.1. The fourth-order valence-corrected chi connectivity index (χ4v) is 2.86. The second-order valence-corrected chi connectivity index (χ2v) is 6.52. The van der Waals surface area contributed by atoms with Gasteiger partial charge in [-0.2, -0.15) is 0 Å². The first kappa shape index (κ1) is 23.0. The number of carbonyl (C=O) groups is 1. The van der Waals surface area contributed by atoms with Crippen LogP contribution < -0.4 is 9.47 Å². The Morgan fingerprint density at radius 3 is 2.53 bits per heavy atom. The van der Waals surface area contributed by atoms with Crippen molar-refractivity contribution < 1.29 is 23.8 Å². The van der Waals surface area contributed by atoms with Crippen LogP contribution >= 0.6 is 0 Å². The standard InChI is InChI=1S/C24H29NO5/c1-6-14-30-25-17(3)18-12-13-22(23(15-18)27-4)29-16-19-10-8-9-11-21(19)20(7-2)24(26)28-5/h7-13,15H,6,14,16H2,1-5H3/b20-7?,25-17-. The summed E-state index contributed by atoms with van der Waals surface area (Å²) in [6, 6.07) is 13.2. The van der Waals surface area contributed by atoms with Crippen molar-refractivity contribution in [3.8, 4) is 11.5 Å². The van der Waals surface area contributed by atoms with Crippen LogP contribution in [0.1, 0.15) is 43.9 Å². The molecule has 2 aromatic rings. The van der Waals surface area contributed by atoms with Gasteiger partial charge in [-0.15, -0.1) is 0 Å². The predicted molar refractivity (Wildman–Crippen MR) is 118 cm³/mol. The van der Waals surface area contributed by atoms with Crippen molar-refractivity contribution in [2.24, 2.45) is 5.16 Å². The van der Waals surface area contributed by atoms with Crippen LogP contribution in [0.4, 0.5) is 0 Å².